The predicted octanol–water partition coefficient (Wildman–Crippen LogP) is 3.44. The van der Waals surface area contributed by atoms with Crippen LogP contribution in [0.4, 0.5) is 0 Å². The lowest BCUT2D eigenvalue weighted by Gasteiger charge is -2.07. The van der Waals surface area contributed by atoms with Crippen molar-refractivity contribution in [2.45, 2.75) is 46.0 Å². The maximum atomic E-state index is 5.38. The van der Waals surface area contributed by atoms with Gasteiger partial charge in [-0.05, 0) is 18.8 Å². The van der Waals surface area contributed by atoms with Gasteiger partial charge < -0.3 is 4.74 Å². The van der Waals surface area contributed by atoms with Crippen molar-refractivity contribution in [2.75, 3.05) is 13.2 Å². The van der Waals surface area contributed by atoms with E-state index in [0.29, 0.717) is 5.92 Å². The van der Waals surface area contributed by atoms with E-state index in [1.807, 2.05) is 0 Å². The minimum atomic E-state index is 0.649. The van der Waals surface area contributed by atoms with Crippen LogP contribution in [0.25, 0.3) is 0 Å². The van der Waals surface area contributed by atoms with Gasteiger partial charge in [-0.15, -0.1) is 0 Å². The van der Waals surface area contributed by atoms with Crippen molar-refractivity contribution < 1.29 is 4.74 Å². The van der Waals surface area contributed by atoms with E-state index in [9.17, 15) is 0 Å². The molecule has 0 fully saturated rings. The molecule has 0 aliphatic rings. The van der Waals surface area contributed by atoms with Crippen molar-refractivity contribution in [3.8, 4) is 0 Å². The van der Waals surface area contributed by atoms with E-state index in [1.54, 1.807) is 0 Å². The summed E-state index contributed by atoms with van der Waals surface area (Å²) in [5.74, 6) is 0.649. The smallest absolute Gasteiger partial charge is 0.0466 e. The second-order valence-corrected chi connectivity index (χ2v) is 3.38. The van der Waals surface area contributed by atoms with Crippen LogP contribution in [0.3, 0.4) is 0 Å². The molecule has 0 amide bonds. The quantitative estimate of drug-likeness (QED) is 0.508. The van der Waals surface area contributed by atoms with Crippen LogP contribution in [-0.4, -0.2) is 13.2 Å². The van der Waals surface area contributed by atoms with Crippen molar-refractivity contribution in [2.24, 2.45) is 5.92 Å². The van der Waals surface area contributed by atoms with Crippen molar-refractivity contribution in [1.82, 2.24) is 0 Å². The average Bonchev–Trinajstić information content (AvgIpc) is 2.10. The molecule has 0 aromatic carbocycles. The molecule has 0 N–H and O–H groups in total. The van der Waals surface area contributed by atoms with Crippen molar-refractivity contribution in [1.29, 1.82) is 0 Å². The molecule has 0 bridgehead atoms. The lowest BCUT2D eigenvalue weighted by atomic mass is 10.0. The van der Waals surface area contributed by atoms with E-state index in [2.05, 4.69) is 20.8 Å². The molecule has 0 aromatic heterocycles. The number of rotatable bonds is 8. The van der Waals surface area contributed by atoms with Crippen LogP contribution >= 0.6 is 0 Å². The molecule has 0 saturated heterocycles. The molecule has 12 heavy (non-hydrogen) atoms. The minimum Gasteiger partial charge on any atom is -0.381 e. The van der Waals surface area contributed by atoms with E-state index in [1.165, 1.54) is 25.7 Å². The van der Waals surface area contributed by atoms with Gasteiger partial charge in [0.2, 0.25) is 0 Å². The third-order valence-corrected chi connectivity index (χ3v) is 2.08. The molecule has 1 atom stereocenters. The normalized spacial score (nSPS) is 13.2. The maximum Gasteiger partial charge on any atom is 0.0466 e. The van der Waals surface area contributed by atoms with Crippen LogP contribution in [0.15, 0.2) is 0 Å². The Hall–Kier alpha value is -0.0400. The molecule has 1 unspecified atom stereocenters. The van der Waals surface area contributed by atoms with E-state index < -0.39 is 0 Å². The molecular formula is C11H23O. The Morgan fingerprint density at radius 3 is 2.50 bits per heavy atom. The minimum absolute atomic E-state index is 0.649. The topological polar surface area (TPSA) is 9.23 Å². The summed E-state index contributed by atoms with van der Waals surface area (Å²) in [6, 6.07) is 0. The van der Waals surface area contributed by atoms with Gasteiger partial charge in [0.25, 0.3) is 0 Å². The summed E-state index contributed by atoms with van der Waals surface area (Å²) in [6.45, 7) is 10.2. The van der Waals surface area contributed by atoms with Gasteiger partial charge in [0.15, 0.2) is 0 Å². The highest BCUT2D eigenvalue weighted by molar-refractivity contribution is 4.58. The van der Waals surface area contributed by atoms with Crippen LogP contribution in [0.1, 0.15) is 46.0 Å². The third kappa shape index (κ3) is 8.06. The van der Waals surface area contributed by atoms with Gasteiger partial charge in [0, 0.05) is 13.2 Å². The molecule has 1 nitrogen and oxygen atoms in total. The highest BCUT2D eigenvalue weighted by atomic mass is 16.5. The SMILES string of the molecule is [CH2]C(CC)CCCCOCCC. The highest BCUT2D eigenvalue weighted by Crippen LogP contribution is 2.10. The fourth-order valence-electron chi connectivity index (χ4n) is 1.09. The van der Waals surface area contributed by atoms with Crippen molar-refractivity contribution in [3.63, 3.8) is 0 Å². The lowest BCUT2D eigenvalue weighted by Crippen LogP contribution is -1.98. The largest absolute Gasteiger partial charge is 0.381 e. The first-order chi connectivity index (χ1) is 5.81. The van der Waals surface area contributed by atoms with Crippen LogP contribution < -0.4 is 0 Å². The summed E-state index contributed by atoms with van der Waals surface area (Å²) in [6.07, 6.45) is 6.06. The van der Waals surface area contributed by atoms with Gasteiger partial charge >= 0.3 is 0 Å². The second-order valence-electron chi connectivity index (χ2n) is 3.38. The molecule has 73 valence electrons. The fourth-order valence-corrected chi connectivity index (χ4v) is 1.09. The van der Waals surface area contributed by atoms with Crippen molar-refractivity contribution >= 4 is 0 Å². The summed E-state index contributed by atoms with van der Waals surface area (Å²) >= 11 is 0. The van der Waals surface area contributed by atoms with Gasteiger partial charge in [-0.3, -0.25) is 0 Å². The summed E-state index contributed by atoms with van der Waals surface area (Å²) in [7, 11) is 0. The van der Waals surface area contributed by atoms with Gasteiger partial charge in [-0.25, -0.2) is 0 Å². The zero-order valence-electron chi connectivity index (χ0n) is 8.64. The third-order valence-electron chi connectivity index (χ3n) is 2.08. The Kier molecular flexibility index (Phi) is 9.02. The van der Waals surface area contributed by atoms with E-state index in [4.69, 9.17) is 4.74 Å². The van der Waals surface area contributed by atoms with Crippen LogP contribution in [0.2, 0.25) is 0 Å². The molecular weight excluding hydrogens is 148 g/mol. The Balaban J connectivity index is 2.90. The van der Waals surface area contributed by atoms with Gasteiger partial charge in [0.1, 0.15) is 0 Å². The molecule has 0 aliphatic carbocycles. The number of hydrogen-bond acceptors (Lipinski definition) is 1. The maximum absolute atomic E-state index is 5.38. The van der Waals surface area contributed by atoms with Gasteiger partial charge in [-0.2, -0.15) is 0 Å². The molecule has 0 rings (SSSR count). The summed E-state index contributed by atoms with van der Waals surface area (Å²) in [5.41, 5.74) is 0. The monoisotopic (exact) mass is 171 g/mol. The average molecular weight is 171 g/mol. The molecule has 0 heterocycles. The van der Waals surface area contributed by atoms with Crippen LogP contribution in [0.5, 0.6) is 0 Å². The van der Waals surface area contributed by atoms with Gasteiger partial charge in [-0.1, -0.05) is 40.0 Å². The molecule has 0 saturated carbocycles. The second kappa shape index (κ2) is 9.05. The standard InChI is InChI=1S/C11H23O/c1-4-9-12-10-7-6-8-11(3)5-2/h11H,3-10H2,1-2H3. The first-order valence-electron chi connectivity index (χ1n) is 5.22. The highest BCUT2D eigenvalue weighted by Gasteiger charge is 1.97. The van der Waals surface area contributed by atoms with E-state index >= 15 is 0 Å². The van der Waals surface area contributed by atoms with E-state index in [0.717, 1.165) is 19.6 Å². The van der Waals surface area contributed by atoms with Crippen molar-refractivity contribution in [3.05, 3.63) is 6.92 Å². The number of ether oxygens (including phenoxy) is 1. The zero-order chi connectivity index (χ0) is 9.23. The first kappa shape index (κ1) is 12.0. The Labute approximate surface area is 77.5 Å². The summed E-state index contributed by atoms with van der Waals surface area (Å²) in [4.78, 5) is 0. The fraction of sp³-hybridized carbons (Fsp3) is 0.909. The Morgan fingerprint density at radius 1 is 1.17 bits per heavy atom. The molecule has 1 heteroatoms. The summed E-state index contributed by atoms with van der Waals surface area (Å²) in [5, 5.41) is 0. The van der Waals surface area contributed by atoms with Crippen LogP contribution in [-0.2, 0) is 4.74 Å². The number of hydrogen-bond donors (Lipinski definition) is 0. The zero-order valence-corrected chi connectivity index (χ0v) is 8.64. The van der Waals surface area contributed by atoms with Crippen LogP contribution in [0, 0.1) is 12.8 Å². The molecule has 0 aliphatic heterocycles. The summed E-state index contributed by atoms with van der Waals surface area (Å²) < 4.78 is 5.38. The Morgan fingerprint density at radius 2 is 1.92 bits per heavy atom. The molecule has 0 aromatic rings. The predicted molar refractivity (Wildman–Crippen MR) is 54.1 cm³/mol. The van der Waals surface area contributed by atoms with E-state index in [-0.39, 0.29) is 0 Å². The lowest BCUT2D eigenvalue weighted by molar-refractivity contribution is 0.130. The molecule has 1 radical (unpaired) electrons. The molecule has 0 spiro atoms. The Bertz CT molecular complexity index is 81.1. The first-order valence-corrected chi connectivity index (χ1v) is 5.22. The van der Waals surface area contributed by atoms with Gasteiger partial charge in [0.05, 0.1) is 0 Å². The number of unbranched alkanes of at least 4 members (excludes halogenated alkanes) is 1.